The molecule has 0 aliphatic carbocycles. The van der Waals surface area contributed by atoms with Crippen molar-refractivity contribution in [1.29, 1.82) is 0 Å². The maximum absolute atomic E-state index is 11.1. The normalized spacial score (nSPS) is 19.1. The highest BCUT2D eigenvalue weighted by molar-refractivity contribution is 5.73. The number of aliphatic carboxylic acids is 1. The molecule has 0 amide bonds. The van der Waals surface area contributed by atoms with Crippen molar-refractivity contribution in [3.05, 3.63) is 0 Å². The van der Waals surface area contributed by atoms with E-state index in [4.69, 9.17) is 9.84 Å². The van der Waals surface area contributed by atoms with Gasteiger partial charge < -0.3 is 20.1 Å². The topological polar surface area (TPSA) is 61.8 Å². The second-order valence-electron chi connectivity index (χ2n) is 5.12. The Labute approximate surface area is 109 Å². The average Bonchev–Trinajstić information content (AvgIpc) is 2.35. The molecule has 106 valence electrons. The van der Waals surface area contributed by atoms with Crippen molar-refractivity contribution in [1.82, 2.24) is 10.2 Å². The molecule has 1 aliphatic rings. The van der Waals surface area contributed by atoms with Crippen LogP contribution in [0.3, 0.4) is 0 Å². The van der Waals surface area contributed by atoms with Crippen molar-refractivity contribution < 1.29 is 14.6 Å². The van der Waals surface area contributed by atoms with E-state index in [9.17, 15) is 4.79 Å². The molecule has 0 bridgehead atoms. The van der Waals surface area contributed by atoms with E-state index in [2.05, 4.69) is 10.2 Å². The number of carbonyl (C=O) groups is 1. The summed E-state index contributed by atoms with van der Waals surface area (Å²) < 4.78 is 5.33. The highest BCUT2D eigenvalue weighted by Crippen LogP contribution is 2.15. The Bertz CT molecular complexity index is 242. The Morgan fingerprint density at radius 1 is 1.50 bits per heavy atom. The highest BCUT2D eigenvalue weighted by atomic mass is 16.5. The molecule has 0 aromatic rings. The molecule has 0 aromatic heterocycles. The number of carboxylic acids is 1. The average molecular weight is 258 g/mol. The van der Waals surface area contributed by atoms with Gasteiger partial charge in [-0.25, -0.2) is 0 Å². The number of carboxylic acid groups (broad SMARTS) is 1. The minimum absolute atomic E-state index is 0.463. The number of nitrogens with one attached hydrogen (secondary N) is 1. The number of ether oxygens (including phenoxy) is 1. The van der Waals surface area contributed by atoms with Gasteiger partial charge in [-0.3, -0.25) is 4.79 Å². The summed E-state index contributed by atoms with van der Waals surface area (Å²) in [5.74, 6) is -0.119. The standard InChI is InChI=1S/C13H26N2O3/c1-3-6-14-12(13(16)17)10-15(2)9-11-4-7-18-8-5-11/h11-12,14H,3-10H2,1-2H3,(H,16,17). The zero-order valence-corrected chi connectivity index (χ0v) is 11.5. The molecule has 1 heterocycles. The van der Waals surface area contributed by atoms with Crippen molar-refractivity contribution >= 4 is 5.97 Å². The monoisotopic (exact) mass is 258 g/mol. The summed E-state index contributed by atoms with van der Waals surface area (Å²) in [5.41, 5.74) is 0. The minimum Gasteiger partial charge on any atom is -0.480 e. The summed E-state index contributed by atoms with van der Waals surface area (Å²) in [5, 5.41) is 12.2. The SMILES string of the molecule is CCCNC(CN(C)CC1CCOCC1)C(=O)O. The molecule has 1 fully saturated rings. The summed E-state index contributed by atoms with van der Waals surface area (Å²) in [7, 11) is 2.00. The fourth-order valence-electron chi connectivity index (χ4n) is 2.30. The lowest BCUT2D eigenvalue weighted by Crippen LogP contribution is -2.46. The van der Waals surface area contributed by atoms with Crippen LogP contribution < -0.4 is 5.32 Å². The van der Waals surface area contributed by atoms with Gasteiger partial charge in [-0.15, -0.1) is 0 Å². The van der Waals surface area contributed by atoms with E-state index in [1.54, 1.807) is 0 Å². The second-order valence-corrected chi connectivity index (χ2v) is 5.12. The Hall–Kier alpha value is -0.650. The van der Waals surface area contributed by atoms with Gasteiger partial charge in [-0.1, -0.05) is 6.92 Å². The molecule has 1 rings (SSSR count). The van der Waals surface area contributed by atoms with Crippen LogP contribution in [0.5, 0.6) is 0 Å². The predicted molar refractivity (Wildman–Crippen MR) is 70.8 cm³/mol. The van der Waals surface area contributed by atoms with Gasteiger partial charge in [0.2, 0.25) is 0 Å². The van der Waals surface area contributed by atoms with Gasteiger partial charge in [0.1, 0.15) is 6.04 Å². The van der Waals surface area contributed by atoms with Gasteiger partial charge >= 0.3 is 5.97 Å². The molecule has 0 saturated carbocycles. The molecule has 1 unspecified atom stereocenters. The van der Waals surface area contributed by atoms with Crippen LogP contribution in [-0.2, 0) is 9.53 Å². The molecule has 18 heavy (non-hydrogen) atoms. The number of hydrogen-bond donors (Lipinski definition) is 2. The van der Waals surface area contributed by atoms with Crippen molar-refractivity contribution in [3.63, 3.8) is 0 Å². The van der Waals surface area contributed by atoms with E-state index in [1.165, 1.54) is 0 Å². The first kappa shape index (κ1) is 15.4. The van der Waals surface area contributed by atoms with Crippen molar-refractivity contribution in [2.75, 3.05) is 39.9 Å². The van der Waals surface area contributed by atoms with E-state index in [-0.39, 0.29) is 0 Å². The van der Waals surface area contributed by atoms with Gasteiger partial charge in [-0.2, -0.15) is 0 Å². The molecule has 2 N–H and O–H groups in total. The molecule has 0 spiro atoms. The van der Waals surface area contributed by atoms with E-state index in [0.717, 1.165) is 45.6 Å². The third kappa shape index (κ3) is 5.80. The Kier molecular flexibility index (Phi) is 7.23. The smallest absolute Gasteiger partial charge is 0.322 e. The lowest BCUT2D eigenvalue weighted by molar-refractivity contribution is -0.140. The maximum Gasteiger partial charge on any atom is 0.322 e. The quantitative estimate of drug-likeness (QED) is 0.674. The molecular formula is C13H26N2O3. The number of hydrogen-bond acceptors (Lipinski definition) is 4. The molecule has 1 aliphatic heterocycles. The summed E-state index contributed by atoms with van der Waals surface area (Å²) in [4.78, 5) is 13.2. The maximum atomic E-state index is 11.1. The first-order chi connectivity index (χ1) is 8.63. The van der Waals surface area contributed by atoms with E-state index < -0.39 is 12.0 Å². The molecular weight excluding hydrogens is 232 g/mol. The van der Waals surface area contributed by atoms with Crippen LogP contribution in [-0.4, -0.2) is 61.9 Å². The number of rotatable bonds is 8. The van der Waals surface area contributed by atoms with Gasteiger partial charge in [0, 0.05) is 26.3 Å². The lowest BCUT2D eigenvalue weighted by atomic mass is 10.00. The largest absolute Gasteiger partial charge is 0.480 e. The summed E-state index contributed by atoms with van der Waals surface area (Å²) in [6.07, 6.45) is 3.13. The molecule has 1 atom stereocenters. The van der Waals surface area contributed by atoms with Crippen LogP contribution in [0.4, 0.5) is 0 Å². The van der Waals surface area contributed by atoms with Crippen LogP contribution in [0.1, 0.15) is 26.2 Å². The van der Waals surface area contributed by atoms with Crippen LogP contribution in [0, 0.1) is 5.92 Å². The van der Waals surface area contributed by atoms with Crippen LogP contribution >= 0.6 is 0 Å². The first-order valence-electron chi connectivity index (χ1n) is 6.86. The van der Waals surface area contributed by atoms with E-state index >= 15 is 0 Å². The summed E-state index contributed by atoms with van der Waals surface area (Å²) in [6, 6.07) is -0.463. The number of nitrogens with zero attached hydrogens (tertiary/aromatic N) is 1. The molecule has 5 nitrogen and oxygen atoms in total. The Balaban J connectivity index is 2.30. The molecule has 5 heteroatoms. The van der Waals surface area contributed by atoms with Gasteiger partial charge in [0.15, 0.2) is 0 Å². The zero-order chi connectivity index (χ0) is 13.4. The molecule has 0 radical (unpaired) electrons. The predicted octanol–water partition coefficient (Wildman–Crippen LogP) is 0.798. The highest BCUT2D eigenvalue weighted by Gasteiger charge is 2.21. The second kappa shape index (κ2) is 8.45. The minimum atomic E-state index is -0.762. The van der Waals surface area contributed by atoms with Crippen LogP contribution in [0.15, 0.2) is 0 Å². The fourth-order valence-corrected chi connectivity index (χ4v) is 2.30. The first-order valence-corrected chi connectivity index (χ1v) is 6.86. The Morgan fingerprint density at radius 2 is 2.17 bits per heavy atom. The van der Waals surface area contributed by atoms with Gasteiger partial charge in [0.25, 0.3) is 0 Å². The van der Waals surface area contributed by atoms with Gasteiger partial charge in [0.05, 0.1) is 0 Å². The van der Waals surface area contributed by atoms with Gasteiger partial charge in [-0.05, 0) is 38.8 Å². The molecule has 1 saturated heterocycles. The van der Waals surface area contributed by atoms with Crippen molar-refractivity contribution in [2.24, 2.45) is 5.92 Å². The third-order valence-corrected chi connectivity index (χ3v) is 3.34. The Morgan fingerprint density at radius 3 is 2.72 bits per heavy atom. The molecule has 0 aromatic carbocycles. The third-order valence-electron chi connectivity index (χ3n) is 3.34. The fraction of sp³-hybridized carbons (Fsp3) is 0.923. The number of likely N-dealkylation sites (N-methyl/N-ethyl adjacent to an activating group) is 1. The summed E-state index contributed by atoms with van der Waals surface area (Å²) >= 11 is 0. The van der Waals surface area contributed by atoms with E-state index in [1.807, 2.05) is 14.0 Å². The van der Waals surface area contributed by atoms with Crippen LogP contribution in [0.25, 0.3) is 0 Å². The summed E-state index contributed by atoms with van der Waals surface area (Å²) in [6.45, 7) is 6.00. The zero-order valence-electron chi connectivity index (χ0n) is 11.5. The lowest BCUT2D eigenvalue weighted by Gasteiger charge is -2.28. The van der Waals surface area contributed by atoms with E-state index in [0.29, 0.717) is 12.5 Å². The van der Waals surface area contributed by atoms with Crippen LogP contribution in [0.2, 0.25) is 0 Å². The van der Waals surface area contributed by atoms with Crippen molar-refractivity contribution in [3.8, 4) is 0 Å². The van der Waals surface area contributed by atoms with Crippen molar-refractivity contribution in [2.45, 2.75) is 32.2 Å².